The second-order valence-electron chi connectivity index (χ2n) is 26.6. The number of esters is 4. The Balaban J connectivity index is 5.23. The molecule has 0 aliphatic heterocycles. The van der Waals surface area contributed by atoms with E-state index in [1.54, 1.807) is 0 Å². The first-order valence-corrected chi connectivity index (χ1v) is 39.9. The second-order valence-corrected chi connectivity index (χ2v) is 29.5. The van der Waals surface area contributed by atoms with Gasteiger partial charge in [0, 0.05) is 25.7 Å². The number of carbonyl (C=O) groups excluding carboxylic acids is 4. The van der Waals surface area contributed by atoms with Gasteiger partial charge in [0.2, 0.25) is 0 Å². The van der Waals surface area contributed by atoms with Crippen LogP contribution in [0.2, 0.25) is 0 Å². The number of ether oxygens (including phenoxy) is 4. The predicted molar refractivity (Wildman–Crippen MR) is 363 cm³/mol. The van der Waals surface area contributed by atoms with E-state index in [1.807, 2.05) is 0 Å². The van der Waals surface area contributed by atoms with E-state index in [0.29, 0.717) is 31.6 Å². The zero-order valence-corrected chi connectivity index (χ0v) is 60.4. The molecule has 0 aliphatic rings. The van der Waals surface area contributed by atoms with Gasteiger partial charge < -0.3 is 33.8 Å². The van der Waals surface area contributed by atoms with Crippen LogP contribution in [-0.2, 0) is 65.4 Å². The summed E-state index contributed by atoms with van der Waals surface area (Å²) in [5.41, 5.74) is 0. The smallest absolute Gasteiger partial charge is 0.462 e. The molecule has 0 saturated heterocycles. The van der Waals surface area contributed by atoms with Crippen LogP contribution < -0.4 is 0 Å². The van der Waals surface area contributed by atoms with Gasteiger partial charge in [-0.25, -0.2) is 9.13 Å². The van der Waals surface area contributed by atoms with Crippen LogP contribution in [0.15, 0.2) is 0 Å². The maximum absolute atomic E-state index is 13.0. The summed E-state index contributed by atoms with van der Waals surface area (Å²) in [5.74, 6) is 0.145. The number of unbranched alkanes of at least 4 members (excludes halogenated alkanes) is 35. The molecule has 17 nitrogen and oxygen atoms in total. The molecular weight excluding hydrogens is 1190 g/mol. The van der Waals surface area contributed by atoms with E-state index in [0.717, 1.165) is 108 Å². The molecule has 0 radical (unpaired) electrons. The summed E-state index contributed by atoms with van der Waals surface area (Å²) in [6.45, 7) is 11.8. The lowest BCUT2D eigenvalue weighted by atomic mass is 9.99. The van der Waals surface area contributed by atoms with Gasteiger partial charge in [0.15, 0.2) is 12.2 Å². The third-order valence-electron chi connectivity index (χ3n) is 17.1. The first-order valence-electron chi connectivity index (χ1n) is 36.9. The highest BCUT2D eigenvalue weighted by Crippen LogP contribution is 2.45. The Labute approximate surface area is 549 Å². The van der Waals surface area contributed by atoms with Gasteiger partial charge in [-0.3, -0.25) is 37.3 Å². The SMILES string of the molecule is CCCCCCCCCCCCCCC(=O)OC[C@H](COP(=O)(O)OC[C@@H](O)COP(=O)(O)OC[C@@H](COC(=O)CCCCCCCCC(C)CC)OC(=O)CCCCCCCCCC(C)C)OC(=O)CCCCCCCCCCCCCCCCC(C)CC. The maximum Gasteiger partial charge on any atom is 0.472 e. The summed E-state index contributed by atoms with van der Waals surface area (Å²) < 4.78 is 68.3. The summed E-state index contributed by atoms with van der Waals surface area (Å²) in [6.07, 6.45) is 45.8. The quantitative estimate of drug-likeness (QED) is 0.0222. The van der Waals surface area contributed by atoms with E-state index in [2.05, 4.69) is 48.5 Å². The number of rotatable bonds is 69. The van der Waals surface area contributed by atoms with Crippen molar-refractivity contribution in [2.24, 2.45) is 17.8 Å². The van der Waals surface area contributed by atoms with Crippen LogP contribution in [0.25, 0.3) is 0 Å². The number of aliphatic hydroxyl groups is 1. The average molecular weight is 1330 g/mol. The number of phosphoric ester groups is 2. The summed E-state index contributed by atoms with van der Waals surface area (Å²) in [6, 6.07) is 0. The van der Waals surface area contributed by atoms with Gasteiger partial charge in [-0.1, -0.05) is 305 Å². The summed E-state index contributed by atoms with van der Waals surface area (Å²) >= 11 is 0. The van der Waals surface area contributed by atoms with Crippen molar-refractivity contribution in [1.29, 1.82) is 0 Å². The van der Waals surface area contributed by atoms with Crippen LogP contribution >= 0.6 is 15.6 Å². The van der Waals surface area contributed by atoms with Crippen LogP contribution in [0.3, 0.4) is 0 Å². The van der Waals surface area contributed by atoms with Crippen LogP contribution in [0, 0.1) is 17.8 Å². The van der Waals surface area contributed by atoms with Crippen LogP contribution in [0.1, 0.15) is 357 Å². The first kappa shape index (κ1) is 88.1. The number of carbonyl (C=O) groups is 4. The molecule has 534 valence electrons. The van der Waals surface area contributed by atoms with Gasteiger partial charge in [-0.2, -0.15) is 0 Å². The molecule has 0 fully saturated rings. The van der Waals surface area contributed by atoms with Crippen molar-refractivity contribution in [2.75, 3.05) is 39.6 Å². The molecule has 4 unspecified atom stereocenters. The zero-order chi connectivity index (χ0) is 66.6. The van der Waals surface area contributed by atoms with E-state index in [-0.39, 0.29) is 25.7 Å². The molecule has 0 bridgehead atoms. The molecule has 0 rings (SSSR count). The maximum atomic E-state index is 13.0. The molecule has 0 aromatic rings. The molecule has 0 heterocycles. The molecule has 0 amide bonds. The number of phosphoric acid groups is 2. The highest BCUT2D eigenvalue weighted by molar-refractivity contribution is 7.47. The van der Waals surface area contributed by atoms with Crippen molar-refractivity contribution < 1.29 is 80.2 Å². The van der Waals surface area contributed by atoms with Crippen molar-refractivity contribution in [3.05, 3.63) is 0 Å². The molecule has 0 aromatic heterocycles. The lowest BCUT2D eigenvalue weighted by Crippen LogP contribution is -2.30. The third-order valence-corrected chi connectivity index (χ3v) is 19.0. The van der Waals surface area contributed by atoms with E-state index in [9.17, 15) is 43.2 Å². The predicted octanol–water partition coefficient (Wildman–Crippen LogP) is 20.2. The Morgan fingerprint density at radius 2 is 0.567 bits per heavy atom. The highest BCUT2D eigenvalue weighted by Gasteiger charge is 2.30. The topological polar surface area (TPSA) is 237 Å². The van der Waals surface area contributed by atoms with Crippen molar-refractivity contribution in [3.8, 4) is 0 Å². The largest absolute Gasteiger partial charge is 0.472 e. The Morgan fingerprint density at radius 3 is 0.844 bits per heavy atom. The lowest BCUT2D eigenvalue weighted by molar-refractivity contribution is -0.161. The molecule has 0 spiro atoms. The molecule has 19 heteroatoms. The van der Waals surface area contributed by atoms with Crippen LogP contribution in [0.5, 0.6) is 0 Å². The lowest BCUT2D eigenvalue weighted by Gasteiger charge is -2.21. The monoisotopic (exact) mass is 1320 g/mol. The Hall–Kier alpha value is -1.94. The normalized spacial score (nSPS) is 14.8. The Kier molecular flexibility index (Phi) is 60.6. The van der Waals surface area contributed by atoms with Gasteiger partial charge in [0.1, 0.15) is 19.3 Å². The van der Waals surface area contributed by atoms with Crippen molar-refractivity contribution >= 4 is 39.5 Å². The Morgan fingerprint density at radius 1 is 0.322 bits per heavy atom. The fourth-order valence-electron chi connectivity index (χ4n) is 10.7. The highest BCUT2D eigenvalue weighted by atomic mass is 31.2. The summed E-state index contributed by atoms with van der Waals surface area (Å²) in [4.78, 5) is 72.5. The number of hydrogen-bond acceptors (Lipinski definition) is 15. The molecular formula is C71H138O17P2. The minimum atomic E-state index is -4.95. The van der Waals surface area contributed by atoms with E-state index in [1.165, 1.54) is 161 Å². The zero-order valence-electron chi connectivity index (χ0n) is 58.6. The number of aliphatic hydroxyl groups excluding tert-OH is 1. The minimum Gasteiger partial charge on any atom is -0.462 e. The van der Waals surface area contributed by atoms with Crippen molar-refractivity contribution in [1.82, 2.24) is 0 Å². The van der Waals surface area contributed by atoms with Gasteiger partial charge in [0.05, 0.1) is 26.4 Å². The number of hydrogen-bond donors (Lipinski definition) is 3. The average Bonchev–Trinajstić information content (AvgIpc) is 3.73. The van der Waals surface area contributed by atoms with Gasteiger partial charge in [-0.05, 0) is 43.4 Å². The van der Waals surface area contributed by atoms with Crippen molar-refractivity contribution in [3.63, 3.8) is 0 Å². The standard InChI is InChI=1S/C71H138O17P2/c1-8-11-12-13-14-15-16-22-25-30-38-45-52-68(73)81-58-66(87-70(75)54-47-40-31-26-23-20-18-17-19-21-24-29-36-43-50-63(6)9-2)60-85-89(77,78)83-56-65(72)57-84-90(79,80)86-61-67(88-71(76)55-48-41-32-27-28-35-42-49-62(4)5)59-82-69(74)53-46-39-34-33-37-44-51-64(7)10-3/h62-67,72H,8-61H2,1-7H3,(H,77,78)(H,79,80)/t63?,64?,65-,66-,67-/m1/s1. The summed E-state index contributed by atoms with van der Waals surface area (Å²) in [5, 5.41) is 10.6. The fraction of sp³-hybridized carbons (Fsp3) is 0.944. The molecule has 7 atom stereocenters. The van der Waals surface area contributed by atoms with E-state index in [4.69, 9.17) is 37.0 Å². The van der Waals surface area contributed by atoms with Crippen LogP contribution in [-0.4, -0.2) is 96.7 Å². The fourth-order valence-corrected chi connectivity index (χ4v) is 12.2. The summed E-state index contributed by atoms with van der Waals surface area (Å²) in [7, 11) is -9.90. The van der Waals surface area contributed by atoms with Crippen LogP contribution in [0.4, 0.5) is 0 Å². The molecule has 0 saturated carbocycles. The molecule has 0 aliphatic carbocycles. The van der Waals surface area contributed by atoms with E-state index < -0.39 is 97.5 Å². The first-order chi connectivity index (χ1) is 43.3. The van der Waals surface area contributed by atoms with Gasteiger partial charge in [0.25, 0.3) is 0 Å². The van der Waals surface area contributed by atoms with Crippen molar-refractivity contribution in [2.45, 2.75) is 375 Å². The van der Waals surface area contributed by atoms with E-state index >= 15 is 0 Å². The van der Waals surface area contributed by atoms with Gasteiger partial charge >= 0.3 is 39.5 Å². The third kappa shape index (κ3) is 62.2. The molecule has 90 heavy (non-hydrogen) atoms. The molecule has 0 aromatic carbocycles. The minimum absolute atomic E-state index is 0.102. The van der Waals surface area contributed by atoms with Gasteiger partial charge in [-0.15, -0.1) is 0 Å². The Bertz CT molecular complexity index is 1770. The molecule has 3 N–H and O–H groups in total. The second kappa shape index (κ2) is 61.9.